The van der Waals surface area contributed by atoms with Crippen molar-refractivity contribution in [1.82, 2.24) is 9.47 Å². The molecule has 12 N–H and O–H groups in total. The number of aliphatic hydroxyl groups excluding tert-OH is 10. The lowest BCUT2D eigenvalue weighted by Gasteiger charge is -2.33. The SMILES string of the molecule is CCn1c(CN)[n+](CC)c2ccc(OCCCN(CC(O)C(O)C(O)C(O)CO)CC(O)C(O)C(O)C(O)CO)cc21. The van der Waals surface area contributed by atoms with Crippen LogP contribution in [0.1, 0.15) is 26.1 Å². The molecule has 1 aromatic heterocycles. The Balaban J connectivity index is 2.11. The summed E-state index contributed by atoms with van der Waals surface area (Å²) in [5.74, 6) is 1.61. The molecule has 15 nitrogen and oxygen atoms in total. The Kier molecular flexibility index (Phi) is 14.9. The van der Waals surface area contributed by atoms with E-state index in [-0.39, 0.29) is 26.2 Å². The van der Waals surface area contributed by atoms with Crippen molar-refractivity contribution < 1.29 is 60.4 Å². The molecular formula is C27H49N4O11+. The van der Waals surface area contributed by atoms with Crippen LogP contribution in [-0.2, 0) is 19.6 Å². The van der Waals surface area contributed by atoms with Gasteiger partial charge in [-0.1, -0.05) is 0 Å². The van der Waals surface area contributed by atoms with Crippen LogP contribution in [-0.4, -0.2) is 149 Å². The van der Waals surface area contributed by atoms with Crippen LogP contribution in [0.4, 0.5) is 0 Å². The molecule has 242 valence electrons. The molecule has 15 heteroatoms. The number of nitrogens with zero attached hydrogens (tertiary/aromatic N) is 3. The van der Waals surface area contributed by atoms with Gasteiger partial charge in [0.15, 0.2) is 11.0 Å². The van der Waals surface area contributed by atoms with Crippen LogP contribution >= 0.6 is 0 Å². The van der Waals surface area contributed by atoms with Crippen LogP contribution in [0.15, 0.2) is 18.2 Å². The number of imidazole rings is 1. The van der Waals surface area contributed by atoms with Crippen molar-refractivity contribution in [2.45, 2.75) is 88.7 Å². The quantitative estimate of drug-likeness (QED) is 0.0503. The fourth-order valence-electron chi connectivity index (χ4n) is 4.99. The van der Waals surface area contributed by atoms with Gasteiger partial charge in [-0.05, 0) is 32.4 Å². The Labute approximate surface area is 244 Å². The highest BCUT2D eigenvalue weighted by Gasteiger charge is 2.34. The molecule has 0 radical (unpaired) electrons. The smallest absolute Gasteiger partial charge is 0.271 e. The van der Waals surface area contributed by atoms with E-state index in [4.69, 9.17) is 20.7 Å². The van der Waals surface area contributed by atoms with Gasteiger partial charge >= 0.3 is 0 Å². The third-order valence-electron chi connectivity index (χ3n) is 7.40. The zero-order valence-corrected chi connectivity index (χ0v) is 24.2. The van der Waals surface area contributed by atoms with E-state index < -0.39 is 62.0 Å². The maximum absolute atomic E-state index is 10.5. The van der Waals surface area contributed by atoms with Crippen molar-refractivity contribution in [2.24, 2.45) is 5.73 Å². The second kappa shape index (κ2) is 17.3. The molecule has 8 unspecified atom stereocenters. The number of benzene rings is 1. The zero-order valence-electron chi connectivity index (χ0n) is 24.2. The highest BCUT2D eigenvalue weighted by Crippen LogP contribution is 2.22. The zero-order chi connectivity index (χ0) is 31.6. The number of hydrogen-bond acceptors (Lipinski definition) is 13. The molecule has 0 aliphatic rings. The predicted molar refractivity (Wildman–Crippen MR) is 150 cm³/mol. The fraction of sp³-hybridized carbons (Fsp3) is 0.741. The lowest BCUT2D eigenvalue weighted by molar-refractivity contribution is -0.676. The molecule has 2 aromatic rings. The van der Waals surface area contributed by atoms with Crippen LogP contribution in [0, 0.1) is 0 Å². The number of aryl methyl sites for hydroxylation is 2. The van der Waals surface area contributed by atoms with Gasteiger partial charge < -0.3 is 61.5 Å². The molecule has 0 saturated heterocycles. The Morgan fingerprint density at radius 2 is 1.36 bits per heavy atom. The van der Waals surface area contributed by atoms with Crippen LogP contribution in [0.2, 0.25) is 0 Å². The highest BCUT2D eigenvalue weighted by molar-refractivity contribution is 5.74. The molecule has 0 spiro atoms. The van der Waals surface area contributed by atoms with E-state index >= 15 is 0 Å². The molecule has 0 aliphatic carbocycles. The number of ether oxygens (including phenoxy) is 1. The summed E-state index contributed by atoms with van der Waals surface area (Å²) in [4.78, 5) is 1.43. The summed E-state index contributed by atoms with van der Waals surface area (Å²) in [6.07, 6.45) is -13.7. The van der Waals surface area contributed by atoms with E-state index in [2.05, 4.69) is 9.13 Å². The van der Waals surface area contributed by atoms with Crippen molar-refractivity contribution in [3.63, 3.8) is 0 Å². The van der Waals surface area contributed by atoms with E-state index in [0.717, 1.165) is 29.9 Å². The number of rotatable bonds is 20. The summed E-state index contributed by atoms with van der Waals surface area (Å²) in [6.45, 7) is 3.95. The topological polar surface area (TPSA) is 250 Å². The second-order valence-corrected chi connectivity index (χ2v) is 10.3. The Bertz CT molecular complexity index is 1040. The third-order valence-corrected chi connectivity index (χ3v) is 7.40. The molecule has 2 rings (SSSR count). The summed E-state index contributed by atoms with van der Waals surface area (Å²) < 4.78 is 10.2. The molecule has 0 bridgehead atoms. The molecule has 0 saturated carbocycles. The van der Waals surface area contributed by atoms with Gasteiger partial charge in [-0.3, -0.25) is 4.90 Å². The first-order chi connectivity index (χ1) is 19.9. The average Bonchev–Trinajstić information content (AvgIpc) is 3.32. The molecule has 1 aromatic carbocycles. The summed E-state index contributed by atoms with van der Waals surface area (Å²) in [7, 11) is 0. The molecule has 8 atom stereocenters. The Morgan fingerprint density at radius 3 is 1.81 bits per heavy atom. The van der Waals surface area contributed by atoms with Crippen molar-refractivity contribution in [3.05, 3.63) is 24.0 Å². The maximum atomic E-state index is 10.5. The first kappa shape index (κ1) is 36.2. The number of fused-ring (bicyclic) bond motifs is 1. The van der Waals surface area contributed by atoms with Crippen LogP contribution < -0.4 is 15.0 Å². The Morgan fingerprint density at radius 1 is 0.833 bits per heavy atom. The summed E-state index contributed by atoms with van der Waals surface area (Å²) >= 11 is 0. The summed E-state index contributed by atoms with van der Waals surface area (Å²) in [6, 6.07) is 5.72. The van der Waals surface area contributed by atoms with Gasteiger partial charge in [-0.25, -0.2) is 9.13 Å². The van der Waals surface area contributed by atoms with Gasteiger partial charge in [0.05, 0.1) is 51.7 Å². The van der Waals surface area contributed by atoms with Gasteiger partial charge in [0.2, 0.25) is 0 Å². The standard InChI is InChI=1S/C27H49N4O11/c1-3-30-17-7-6-16(10-18(17)31(4-2)23(30)11-28)42-9-5-8-29(12-19(34)24(38)26(40)21(36)14-32)13-20(35)25(39)27(41)22(37)15-33/h6-7,10,19-22,24-27,32-41H,3-5,8-9,11-15,28H2,1-2H3/q+1. The first-order valence-electron chi connectivity index (χ1n) is 14.2. The maximum Gasteiger partial charge on any atom is 0.271 e. The van der Waals surface area contributed by atoms with Gasteiger partial charge in [0.25, 0.3) is 5.82 Å². The molecule has 0 aliphatic heterocycles. The minimum atomic E-state index is -1.85. The minimum Gasteiger partial charge on any atom is -0.493 e. The normalized spacial score (nSPS) is 18.0. The molecule has 1 heterocycles. The van der Waals surface area contributed by atoms with Crippen molar-refractivity contribution >= 4 is 11.0 Å². The molecule has 0 fully saturated rings. The largest absolute Gasteiger partial charge is 0.493 e. The fourth-order valence-corrected chi connectivity index (χ4v) is 4.99. The first-order valence-corrected chi connectivity index (χ1v) is 14.2. The molecule has 42 heavy (non-hydrogen) atoms. The lowest BCUT2D eigenvalue weighted by Crippen LogP contribution is -2.53. The van der Waals surface area contributed by atoms with Gasteiger partial charge in [0, 0.05) is 25.7 Å². The number of nitrogens with two attached hydrogens (primary N) is 1. The Hall–Kier alpha value is -1.99. The van der Waals surface area contributed by atoms with E-state index in [1.165, 1.54) is 4.90 Å². The van der Waals surface area contributed by atoms with Crippen LogP contribution in [0.3, 0.4) is 0 Å². The molecule has 0 amide bonds. The molecular weight excluding hydrogens is 556 g/mol. The summed E-state index contributed by atoms with van der Waals surface area (Å²) in [5, 5.41) is 98.6. The van der Waals surface area contributed by atoms with Crippen molar-refractivity contribution in [2.75, 3.05) is 39.5 Å². The van der Waals surface area contributed by atoms with Gasteiger partial charge in [-0.15, -0.1) is 0 Å². The second-order valence-electron chi connectivity index (χ2n) is 10.3. The average molecular weight is 606 g/mol. The van der Waals surface area contributed by atoms with E-state index in [1.807, 2.05) is 32.0 Å². The van der Waals surface area contributed by atoms with Gasteiger partial charge in [-0.2, -0.15) is 0 Å². The van der Waals surface area contributed by atoms with Gasteiger partial charge in [0.1, 0.15) is 42.4 Å². The lowest BCUT2D eigenvalue weighted by atomic mass is 10.0. The predicted octanol–water partition coefficient (Wildman–Crippen LogP) is -4.63. The summed E-state index contributed by atoms with van der Waals surface area (Å²) in [5.41, 5.74) is 8.00. The van der Waals surface area contributed by atoms with E-state index in [1.54, 1.807) is 0 Å². The highest BCUT2D eigenvalue weighted by atomic mass is 16.5. The number of hydrogen-bond donors (Lipinski definition) is 11. The van der Waals surface area contributed by atoms with Crippen LogP contribution in [0.5, 0.6) is 5.75 Å². The number of aromatic nitrogens is 2. The van der Waals surface area contributed by atoms with E-state index in [0.29, 0.717) is 18.7 Å². The van der Waals surface area contributed by atoms with E-state index in [9.17, 15) is 40.9 Å². The van der Waals surface area contributed by atoms with Crippen molar-refractivity contribution in [1.29, 1.82) is 0 Å². The van der Waals surface area contributed by atoms with Crippen molar-refractivity contribution in [3.8, 4) is 5.75 Å². The third kappa shape index (κ3) is 9.01. The minimum absolute atomic E-state index is 0.158. The van der Waals surface area contributed by atoms with Crippen LogP contribution in [0.25, 0.3) is 11.0 Å². The monoisotopic (exact) mass is 605 g/mol. The number of aliphatic hydroxyl groups is 10.